The van der Waals surface area contributed by atoms with Crippen LogP contribution in [0.1, 0.15) is 0 Å². The highest BCUT2D eigenvalue weighted by molar-refractivity contribution is 6.35. The van der Waals surface area contributed by atoms with E-state index in [2.05, 4.69) is 18.2 Å². The maximum atomic E-state index is 6.26. The normalized spacial score (nSPS) is 10.8. The Kier molecular flexibility index (Phi) is 5.68. The molecule has 0 aliphatic carbocycles. The summed E-state index contributed by atoms with van der Waals surface area (Å²) in [5.41, 5.74) is 4.71. The molecule has 32 heavy (non-hydrogen) atoms. The van der Waals surface area contributed by atoms with E-state index >= 15 is 0 Å². The lowest BCUT2D eigenvalue weighted by Crippen LogP contribution is -2.01. The van der Waals surface area contributed by atoms with Crippen molar-refractivity contribution in [3.05, 3.63) is 113 Å². The Hall–Kier alpha value is -3.53. The Bertz CT molecular complexity index is 1370. The summed E-state index contributed by atoms with van der Waals surface area (Å²) in [6, 6.07) is 33.5. The number of hydrogen-bond acceptors (Lipinski definition) is 3. The lowest BCUT2D eigenvalue weighted by Gasteiger charge is -2.12. The van der Waals surface area contributed by atoms with Crippen molar-refractivity contribution < 1.29 is 0 Å². The first-order chi connectivity index (χ1) is 15.7. The number of rotatable bonds is 4. The van der Waals surface area contributed by atoms with E-state index in [1.165, 1.54) is 0 Å². The quantitative estimate of drug-likeness (QED) is 0.278. The molecule has 0 radical (unpaired) electrons. The predicted molar refractivity (Wildman–Crippen MR) is 132 cm³/mol. The Labute approximate surface area is 196 Å². The van der Waals surface area contributed by atoms with Crippen LogP contribution in [0.15, 0.2) is 103 Å². The molecular weight excluding hydrogens is 437 g/mol. The highest BCUT2D eigenvalue weighted by Crippen LogP contribution is 2.33. The summed E-state index contributed by atoms with van der Waals surface area (Å²) < 4.78 is 0. The first kappa shape index (κ1) is 20.4. The van der Waals surface area contributed by atoms with Crippen LogP contribution in [-0.4, -0.2) is 15.0 Å². The van der Waals surface area contributed by atoms with Crippen LogP contribution in [0.2, 0.25) is 10.0 Å². The number of nitrogens with zero attached hydrogens (tertiary/aromatic N) is 3. The molecule has 1 heterocycles. The van der Waals surface area contributed by atoms with Gasteiger partial charge in [-0.05, 0) is 29.3 Å². The van der Waals surface area contributed by atoms with Crippen LogP contribution in [0.25, 0.3) is 45.3 Å². The van der Waals surface area contributed by atoms with Gasteiger partial charge in [0.1, 0.15) is 0 Å². The highest BCUT2D eigenvalue weighted by Gasteiger charge is 2.15. The van der Waals surface area contributed by atoms with E-state index in [0.29, 0.717) is 27.5 Å². The molecule has 3 nitrogen and oxygen atoms in total. The number of hydrogen-bond donors (Lipinski definition) is 0. The van der Waals surface area contributed by atoms with Crippen LogP contribution in [-0.2, 0) is 0 Å². The molecule has 5 rings (SSSR count). The smallest absolute Gasteiger partial charge is 0.164 e. The average molecular weight is 454 g/mol. The molecule has 0 amide bonds. The summed E-state index contributed by atoms with van der Waals surface area (Å²) in [5, 5.41) is 1.06. The van der Waals surface area contributed by atoms with Gasteiger partial charge in [-0.2, -0.15) is 0 Å². The molecule has 0 saturated heterocycles. The molecule has 0 N–H and O–H groups in total. The van der Waals surface area contributed by atoms with Gasteiger partial charge in [-0.1, -0.05) is 108 Å². The van der Waals surface area contributed by atoms with Gasteiger partial charge in [0.2, 0.25) is 0 Å². The molecule has 0 bridgehead atoms. The van der Waals surface area contributed by atoms with Gasteiger partial charge in [0.05, 0.1) is 0 Å². The molecule has 5 heteroatoms. The van der Waals surface area contributed by atoms with Crippen LogP contribution in [0.5, 0.6) is 0 Å². The third-order valence-corrected chi connectivity index (χ3v) is 5.48. The van der Waals surface area contributed by atoms with E-state index in [0.717, 1.165) is 27.8 Å². The molecule has 0 fully saturated rings. The van der Waals surface area contributed by atoms with Gasteiger partial charge in [0, 0.05) is 26.7 Å². The van der Waals surface area contributed by atoms with Crippen LogP contribution in [0.3, 0.4) is 0 Å². The van der Waals surface area contributed by atoms with Gasteiger partial charge in [-0.25, -0.2) is 15.0 Å². The van der Waals surface area contributed by atoms with E-state index in [4.69, 9.17) is 38.2 Å². The molecule has 0 unspecified atom stereocenters. The van der Waals surface area contributed by atoms with Gasteiger partial charge in [-0.3, -0.25) is 0 Å². The van der Waals surface area contributed by atoms with Gasteiger partial charge in [-0.15, -0.1) is 0 Å². The topological polar surface area (TPSA) is 38.7 Å². The zero-order valence-electron chi connectivity index (χ0n) is 16.9. The van der Waals surface area contributed by atoms with Crippen molar-refractivity contribution in [3.8, 4) is 45.3 Å². The molecule has 4 aromatic carbocycles. The Morgan fingerprint density at radius 2 is 0.875 bits per heavy atom. The first-order valence-electron chi connectivity index (χ1n) is 10.1. The first-order valence-corrected chi connectivity index (χ1v) is 10.9. The van der Waals surface area contributed by atoms with Crippen LogP contribution < -0.4 is 0 Å². The minimum Gasteiger partial charge on any atom is -0.208 e. The molecule has 5 aromatic rings. The molecule has 0 atom stereocenters. The van der Waals surface area contributed by atoms with Crippen molar-refractivity contribution in [2.75, 3.05) is 0 Å². The summed E-state index contributed by atoms with van der Waals surface area (Å²) in [6.07, 6.45) is 0. The van der Waals surface area contributed by atoms with Gasteiger partial charge >= 0.3 is 0 Å². The molecule has 0 aliphatic rings. The fraction of sp³-hybridized carbons (Fsp3) is 0. The molecule has 0 spiro atoms. The fourth-order valence-electron chi connectivity index (χ4n) is 3.57. The minimum absolute atomic E-state index is 0.515. The zero-order valence-corrected chi connectivity index (χ0v) is 18.4. The van der Waals surface area contributed by atoms with Crippen molar-refractivity contribution in [1.29, 1.82) is 0 Å². The summed E-state index contributed by atoms with van der Waals surface area (Å²) in [5.74, 6) is 1.69. The van der Waals surface area contributed by atoms with Gasteiger partial charge < -0.3 is 0 Å². The van der Waals surface area contributed by atoms with E-state index in [-0.39, 0.29) is 0 Å². The predicted octanol–water partition coefficient (Wildman–Crippen LogP) is 7.85. The second-order valence-corrected chi connectivity index (χ2v) is 8.11. The lowest BCUT2D eigenvalue weighted by atomic mass is 9.99. The molecule has 154 valence electrons. The monoisotopic (exact) mass is 453 g/mol. The van der Waals surface area contributed by atoms with E-state index in [9.17, 15) is 0 Å². The molecular formula is C27H17Cl2N3. The second kappa shape index (κ2) is 8.91. The van der Waals surface area contributed by atoms with Crippen molar-refractivity contribution in [2.24, 2.45) is 0 Å². The second-order valence-electron chi connectivity index (χ2n) is 7.24. The standard InChI is InChI=1S/C27H17Cl2N3/c28-21-15-20(16-22(29)17-21)26-30-25(19-11-5-2-6-12-19)31-27(32-26)24-14-8-7-13-23(24)18-9-3-1-4-10-18/h1-17H. The van der Waals surface area contributed by atoms with Crippen LogP contribution in [0.4, 0.5) is 0 Å². The SMILES string of the molecule is Clc1cc(Cl)cc(-c2nc(-c3ccccc3)nc(-c3ccccc3-c3ccccc3)n2)c1. The molecule has 0 saturated carbocycles. The van der Waals surface area contributed by atoms with Gasteiger partial charge in [0.15, 0.2) is 17.5 Å². The van der Waals surface area contributed by atoms with Crippen molar-refractivity contribution in [1.82, 2.24) is 15.0 Å². The van der Waals surface area contributed by atoms with Crippen molar-refractivity contribution in [3.63, 3.8) is 0 Å². The Balaban J connectivity index is 1.75. The Morgan fingerprint density at radius 1 is 0.406 bits per heavy atom. The van der Waals surface area contributed by atoms with Gasteiger partial charge in [0.25, 0.3) is 0 Å². The molecule has 1 aromatic heterocycles. The Morgan fingerprint density at radius 3 is 1.50 bits per heavy atom. The third kappa shape index (κ3) is 4.26. The van der Waals surface area contributed by atoms with E-state index < -0.39 is 0 Å². The third-order valence-electron chi connectivity index (χ3n) is 5.04. The van der Waals surface area contributed by atoms with Crippen molar-refractivity contribution in [2.45, 2.75) is 0 Å². The number of benzene rings is 4. The maximum Gasteiger partial charge on any atom is 0.164 e. The number of aromatic nitrogens is 3. The fourth-order valence-corrected chi connectivity index (χ4v) is 4.10. The minimum atomic E-state index is 0.515. The lowest BCUT2D eigenvalue weighted by molar-refractivity contribution is 1.07. The summed E-state index contributed by atoms with van der Waals surface area (Å²) >= 11 is 12.5. The summed E-state index contributed by atoms with van der Waals surface area (Å²) in [7, 11) is 0. The average Bonchev–Trinajstić information content (AvgIpc) is 2.84. The summed E-state index contributed by atoms with van der Waals surface area (Å²) in [6.45, 7) is 0. The largest absolute Gasteiger partial charge is 0.208 e. The van der Waals surface area contributed by atoms with Crippen LogP contribution >= 0.6 is 23.2 Å². The van der Waals surface area contributed by atoms with E-state index in [1.54, 1.807) is 6.07 Å². The summed E-state index contributed by atoms with van der Waals surface area (Å²) in [4.78, 5) is 14.4. The molecule has 0 aliphatic heterocycles. The maximum absolute atomic E-state index is 6.26. The number of halogens is 2. The highest BCUT2D eigenvalue weighted by atomic mass is 35.5. The van der Waals surface area contributed by atoms with Crippen LogP contribution in [0, 0.1) is 0 Å². The zero-order chi connectivity index (χ0) is 21.9. The van der Waals surface area contributed by atoms with E-state index in [1.807, 2.05) is 78.9 Å². The van der Waals surface area contributed by atoms with Crippen molar-refractivity contribution >= 4 is 23.2 Å².